The van der Waals surface area contributed by atoms with E-state index in [1.165, 1.54) is 23.5 Å². The van der Waals surface area contributed by atoms with Crippen molar-refractivity contribution in [3.05, 3.63) is 90.5 Å². The molecule has 3 aromatic carbocycles. The quantitative estimate of drug-likeness (QED) is 0.632. The van der Waals surface area contributed by atoms with Gasteiger partial charge in [-0.1, -0.05) is 0 Å². The molecule has 1 fully saturated rings. The van der Waals surface area contributed by atoms with Crippen molar-refractivity contribution in [3.63, 3.8) is 0 Å². The predicted molar refractivity (Wildman–Crippen MR) is 104 cm³/mol. The molecule has 1 aliphatic rings. The van der Waals surface area contributed by atoms with Crippen LogP contribution in [0.25, 0.3) is 0 Å². The topological polar surface area (TPSA) is 0 Å². The molecule has 0 amide bonds. The zero-order valence-electron chi connectivity index (χ0n) is 13.6. The fourth-order valence-corrected chi connectivity index (χ4v) is 7.69. The Hall–Kier alpha value is -1.91. The molecule has 116 valence electrons. The van der Waals surface area contributed by atoms with Crippen LogP contribution in [0.2, 0.25) is 0 Å². The third-order valence-electron chi connectivity index (χ3n) is 5.22. The summed E-state index contributed by atoms with van der Waals surface area (Å²) in [5.74, 6) is 0.783. The standard InChI is InChI=1S/C22H23P/c1-23(19-10-4-2-5-11-19,20-12-6-3-7-13-20)22-15-9-8-14-21(22)18-16-17-18/h2-15,18,23H,16-17H2,1H3. The van der Waals surface area contributed by atoms with E-state index in [1.807, 2.05) is 0 Å². The number of hydrogen-bond donors (Lipinski definition) is 0. The van der Waals surface area contributed by atoms with E-state index in [4.69, 9.17) is 0 Å². The van der Waals surface area contributed by atoms with Crippen LogP contribution in [0.3, 0.4) is 0 Å². The molecule has 0 nitrogen and oxygen atoms in total. The first-order valence-electron chi connectivity index (χ1n) is 8.50. The maximum absolute atomic E-state index is 2.51. The Balaban J connectivity index is 1.97. The van der Waals surface area contributed by atoms with Gasteiger partial charge in [0.15, 0.2) is 0 Å². The molecule has 0 atom stereocenters. The molecule has 0 spiro atoms. The second-order valence-electron chi connectivity index (χ2n) is 6.72. The minimum absolute atomic E-state index is 0.783. The van der Waals surface area contributed by atoms with Crippen molar-refractivity contribution in [2.24, 2.45) is 0 Å². The van der Waals surface area contributed by atoms with E-state index in [-0.39, 0.29) is 0 Å². The molecule has 0 saturated heterocycles. The third-order valence-corrected chi connectivity index (χ3v) is 9.73. The molecular formula is C22H23P. The van der Waals surface area contributed by atoms with Gasteiger partial charge >= 0.3 is 139 Å². The van der Waals surface area contributed by atoms with Gasteiger partial charge in [-0.15, -0.1) is 0 Å². The van der Waals surface area contributed by atoms with Crippen molar-refractivity contribution in [1.29, 1.82) is 0 Å². The summed E-state index contributed by atoms with van der Waals surface area (Å²) in [6.07, 6.45) is 2.70. The summed E-state index contributed by atoms with van der Waals surface area (Å²) in [6.45, 7) is 2.51. The summed E-state index contributed by atoms with van der Waals surface area (Å²) in [5, 5.41) is 4.60. The first-order chi connectivity index (χ1) is 11.3. The van der Waals surface area contributed by atoms with E-state index in [1.54, 1.807) is 10.9 Å². The molecule has 0 N–H and O–H groups in total. The Morgan fingerprint density at radius 2 is 1.13 bits per heavy atom. The Kier molecular flexibility index (Phi) is 3.79. The van der Waals surface area contributed by atoms with Crippen LogP contribution in [0.5, 0.6) is 0 Å². The van der Waals surface area contributed by atoms with Gasteiger partial charge in [0, 0.05) is 0 Å². The predicted octanol–water partition coefficient (Wildman–Crippen LogP) is 4.22. The first kappa shape index (κ1) is 14.7. The van der Waals surface area contributed by atoms with Crippen LogP contribution in [0.4, 0.5) is 0 Å². The van der Waals surface area contributed by atoms with E-state index in [0.717, 1.165) is 5.92 Å². The minimum atomic E-state index is -1.95. The van der Waals surface area contributed by atoms with Gasteiger partial charge in [-0.3, -0.25) is 0 Å². The van der Waals surface area contributed by atoms with Crippen LogP contribution in [-0.4, -0.2) is 6.66 Å². The molecule has 23 heavy (non-hydrogen) atoms. The van der Waals surface area contributed by atoms with Crippen molar-refractivity contribution >= 4 is 23.2 Å². The second-order valence-corrected chi connectivity index (χ2v) is 10.7. The Bertz CT molecular complexity index is 749. The molecule has 1 aliphatic carbocycles. The fraction of sp³-hybridized carbons (Fsp3) is 0.182. The van der Waals surface area contributed by atoms with Gasteiger partial charge in [0.2, 0.25) is 0 Å². The van der Waals surface area contributed by atoms with Crippen LogP contribution in [-0.2, 0) is 0 Å². The first-order valence-corrected chi connectivity index (χ1v) is 11.0. The van der Waals surface area contributed by atoms with Gasteiger partial charge in [0.1, 0.15) is 0 Å². The Labute approximate surface area is 139 Å². The van der Waals surface area contributed by atoms with Crippen LogP contribution in [0.15, 0.2) is 84.9 Å². The molecule has 0 aromatic heterocycles. The summed E-state index contributed by atoms with van der Waals surface area (Å²) in [5.41, 5.74) is 1.59. The zero-order chi connectivity index (χ0) is 15.7. The van der Waals surface area contributed by atoms with Gasteiger partial charge < -0.3 is 0 Å². The van der Waals surface area contributed by atoms with Gasteiger partial charge in [0.25, 0.3) is 0 Å². The van der Waals surface area contributed by atoms with Crippen molar-refractivity contribution in [2.75, 3.05) is 6.66 Å². The van der Waals surface area contributed by atoms with E-state index in [9.17, 15) is 0 Å². The molecule has 0 heterocycles. The molecule has 4 rings (SSSR count). The van der Waals surface area contributed by atoms with Crippen molar-refractivity contribution in [1.82, 2.24) is 0 Å². The number of rotatable bonds is 4. The Morgan fingerprint density at radius 1 is 0.652 bits per heavy atom. The van der Waals surface area contributed by atoms with Crippen molar-refractivity contribution in [3.8, 4) is 0 Å². The molecule has 3 aromatic rings. The van der Waals surface area contributed by atoms with Gasteiger partial charge in [-0.2, -0.15) is 0 Å². The molecule has 0 unspecified atom stereocenters. The Morgan fingerprint density at radius 3 is 1.65 bits per heavy atom. The second kappa shape index (κ2) is 5.95. The van der Waals surface area contributed by atoms with Crippen molar-refractivity contribution < 1.29 is 0 Å². The third kappa shape index (κ3) is 2.62. The average Bonchev–Trinajstić information content (AvgIpc) is 3.48. The number of benzene rings is 3. The van der Waals surface area contributed by atoms with Crippen LogP contribution >= 0.6 is 7.26 Å². The van der Waals surface area contributed by atoms with Crippen LogP contribution in [0.1, 0.15) is 24.3 Å². The van der Waals surface area contributed by atoms with Crippen LogP contribution < -0.4 is 15.9 Å². The molecular weight excluding hydrogens is 295 g/mol. The van der Waals surface area contributed by atoms with Gasteiger partial charge in [-0.05, 0) is 0 Å². The summed E-state index contributed by atoms with van der Waals surface area (Å²) >= 11 is 0. The van der Waals surface area contributed by atoms with E-state index in [2.05, 4.69) is 91.6 Å². The molecule has 0 radical (unpaired) electrons. The summed E-state index contributed by atoms with van der Waals surface area (Å²) in [6, 6.07) is 31.5. The van der Waals surface area contributed by atoms with Gasteiger partial charge in [0.05, 0.1) is 0 Å². The summed E-state index contributed by atoms with van der Waals surface area (Å²) < 4.78 is 0. The summed E-state index contributed by atoms with van der Waals surface area (Å²) in [7, 11) is -1.95. The molecule has 0 aliphatic heterocycles. The van der Waals surface area contributed by atoms with Crippen LogP contribution in [0, 0.1) is 0 Å². The molecule has 1 heteroatoms. The summed E-state index contributed by atoms with van der Waals surface area (Å²) in [4.78, 5) is 0. The zero-order valence-corrected chi connectivity index (χ0v) is 14.6. The van der Waals surface area contributed by atoms with E-state index < -0.39 is 7.26 Å². The van der Waals surface area contributed by atoms with Gasteiger partial charge in [-0.25, -0.2) is 0 Å². The SMILES string of the molecule is C[PH](c1ccccc1)(c1ccccc1)c1ccccc1C1CC1. The number of hydrogen-bond acceptors (Lipinski definition) is 0. The average molecular weight is 318 g/mol. The normalized spacial score (nSPS) is 15.3. The maximum atomic E-state index is 2.51. The van der Waals surface area contributed by atoms with E-state index >= 15 is 0 Å². The monoisotopic (exact) mass is 318 g/mol. The van der Waals surface area contributed by atoms with E-state index in [0.29, 0.717) is 0 Å². The molecule has 1 saturated carbocycles. The van der Waals surface area contributed by atoms with Crippen molar-refractivity contribution in [2.45, 2.75) is 18.8 Å². The molecule has 0 bridgehead atoms. The fourth-order valence-electron chi connectivity index (χ4n) is 3.72.